The number of nitrogens with zero attached hydrogens (tertiary/aromatic N) is 3. The number of hydrogen-bond donors (Lipinski definition) is 1. The molecule has 0 bridgehead atoms. The quantitative estimate of drug-likeness (QED) is 0.830. The van der Waals surface area contributed by atoms with Crippen LogP contribution in [0.4, 0.5) is 5.95 Å². The molecule has 2 atom stereocenters. The number of imidazole rings is 1. The number of anilines is 1. The lowest BCUT2D eigenvalue weighted by atomic mass is 10.1. The Morgan fingerprint density at radius 2 is 1.83 bits per heavy atom. The van der Waals surface area contributed by atoms with Crippen molar-refractivity contribution in [1.29, 1.82) is 0 Å². The summed E-state index contributed by atoms with van der Waals surface area (Å²) in [5.41, 5.74) is 2.28. The van der Waals surface area contributed by atoms with E-state index in [9.17, 15) is 0 Å². The van der Waals surface area contributed by atoms with Gasteiger partial charge in [-0.2, -0.15) is 0 Å². The third kappa shape index (κ3) is 1.86. The highest BCUT2D eigenvalue weighted by Gasteiger charge is 2.24. The Morgan fingerprint density at radius 3 is 2.50 bits per heavy atom. The highest BCUT2D eigenvalue weighted by Crippen LogP contribution is 2.22. The number of para-hydroxylation sites is 2. The molecule has 18 heavy (non-hydrogen) atoms. The molecule has 0 aliphatic carbocycles. The molecule has 1 aliphatic rings. The summed E-state index contributed by atoms with van der Waals surface area (Å²) >= 11 is 0. The number of aromatic nitrogens is 2. The molecule has 3 rings (SSSR count). The van der Waals surface area contributed by atoms with Gasteiger partial charge in [-0.05, 0) is 26.0 Å². The first-order valence-electron chi connectivity index (χ1n) is 6.57. The predicted octanol–water partition coefficient (Wildman–Crippen LogP) is 1.76. The fourth-order valence-corrected chi connectivity index (χ4v) is 2.91. The summed E-state index contributed by atoms with van der Waals surface area (Å²) in [6.45, 7) is 6.49. The Kier molecular flexibility index (Phi) is 2.74. The van der Waals surface area contributed by atoms with Crippen molar-refractivity contribution in [1.82, 2.24) is 14.9 Å². The van der Waals surface area contributed by atoms with Crippen LogP contribution in [-0.2, 0) is 7.05 Å². The third-order valence-corrected chi connectivity index (χ3v) is 3.60. The molecule has 4 nitrogen and oxygen atoms in total. The molecule has 0 amide bonds. The minimum absolute atomic E-state index is 0.508. The lowest BCUT2D eigenvalue weighted by Crippen LogP contribution is -2.54. The molecule has 2 aromatic rings. The number of benzene rings is 1. The van der Waals surface area contributed by atoms with Gasteiger partial charge < -0.3 is 14.8 Å². The zero-order valence-electron chi connectivity index (χ0n) is 11.2. The summed E-state index contributed by atoms with van der Waals surface area (Å²) in [6, 6.07) is 9.33. The third-order valence-electron chi connectivity index (χ3n) is 3.60. The van der Waals surface area contributed by atoms with E-state index in [1.165, 1.54) is 5.52 Å². The average Bonchev–Trinajstić information content (AvgIpc) is 2.66. The normalized spacial score (nSPS) is 24.7. The number of aryl methyl sites for hydroxylation is 1. The molecule has 1 aromatic heterocycles. The number of piperazine rings is 1. The van der Waals surface area contributed by atoms with E-state index in [4.69, 9.17) is 4.98 Å². The maximum absolute atomic E-state index is 4.77. The summed E-state index contributed by atoms with van der Waals surface area (Å²) in [5, 5.41) is 3.55. The Balaban J connectivity index is 2.01. The second-order valence-electron chi connectivity index (χ2n) is 5.33. The van der Waals surface area contributed by atoms with Gasteiger partial charge >= 0.3 is 0 Å². The van der Waals surface area contributed by atoms with Crippen molar-refractivity contribution in [3.63, 3.8) is 0 Å². The van der Waals surface area contributed by atoms with Crippen molar-refractivity contribution in [3.05, 3.63) is 24.3 Å². The van der Waals surface area contributed by atoms with E-state index in [2.05, 4.69) is 53.9 Å². The lowest BCUT2D eigenvalue weighted by molar-refractivity contribution is 0.402. The second-order valence-corrected chi connectivity index (χ2v) is 5.33. The Bertz CT molecular complexity index is 550. The van der Waals surface area contributed by atoms with Gasteiger partial charge in [-0.3, -0.25) is 0 Å². The molecule has 1 fully saturated rings. The predicted molar refractivity (Wildman–Crippen MR) is 75.0 cm³/mol. The zero-order valence-corrected chi connectivity index (χ0v) is 11.2. The minimum atomic E-state index is 0.508. The summed E-state index contributed by atoms with van der Waals surface area (Å²) in [6.07, 6.45) is 0. The first-order chi connectivity index (χ1) is 8.65. The molecule has 0 radical (unpaired) electrons. The van der Waals surface area contributed by atoms with E-state index in [0.29, 0.717) is 12.1 Å². The SMILES string of the molecule is C[C@@H]1CN(c2nc3ccccc3n2C)C[C@H](C)N1. The van der Waals surface area contributed by atoms with E-state index in [0.717, 1.165) is 24.6 Å². The average molecular weight is 244 g/mol. The van der Waals surface area contributed by atoms with Crippen LogP contribution in [0.1, 0.15) is 13.8 Å². The van der Waals surface area contributed by atoms with Crippen molar-refractivity contribution < 1.29 is 0 Å². The van der Waals surface area contributed by atoms with Crippen LogP contribution in [0.3, 0.4) is 0 Å². The van der Waals surface area contributed by atoms with Crippen LogP contribution in [0.15, 0.2) is 24.3 Å². The van der Waals surface area contributed by atoms with Gasteiger partial charge in [0.15, 0.2) is 0 Å². The Hall–Kier alpha value is -1.55. The van der Waals surface area contributed by atoms with E-state index in [1.54, 1.807) is 0 Å². The van der Waals surface area contributed by atoms with Gasteiger partial charge in [0.1, 0.15) is 0 Å². The van der Waals surface area contributed by atoms with Gasteiger partial charge in [-0.15, -0.1) is 0 Å². The Labute approximate surface area is 108 Å². The monoisotopic (exact) mass is 244 g/mol. The van der Waals surface area contributed by atoms with Crippen LogP contribution in [0.5, 0.6) is 0 Å². The molecule has 0 unspecified atom stereocenters. The second kappa shape index (κ2) is 4.28. The van der Waals surface area contributed by atoms with Crippen molar-refractivity contribution in [2.45, 2.75) is 25.9 Å². The molecule has 1 saturated heterocycles. The summed E-state index contributed by atoms with van der Waals surface area (Å²) in [5.74, 6) is 1.08. The Morgan fingerprint density at radius 1 is 1.17 bits per heavy atom. The number of nitrogens with one attached hydrogen (secondary N) is 1. The fourth-order valence-electron chi connectivity index (χ4n) is 2.91. The molecule has 0 spiro atoms. The van der Waals surface area contributed by atoms with Crippen molar-refractivity contribution in [2.75, 3.05) is 18.0 Å². The fraction of sp³-hybridized carbons (Fsp3) is 0.500. The molecule has 0 saturated carbocycles. The summed E-state index contributed by atoms with van der Waals surface area (Å²) in [7, 11) is 2.10. The van der Waals surface area contributed by atoms with Crippen molar-refractivity contribution >= 4 is 17.0 Å². The van der Waals surface area contributed by atoms with E-state index in [-0.39, 0.29) is 0 Å². The minimum Gasteiger partial charge on any atom is -0.339 e. The largest absolute Gasteiger partial charge is 0.339 e. The molecule has 4 heteroatoms. The number of hydrogen-bond acceptors (Lipinski definition) is 3. The molecular weight excluding hydrogens is 224 g/mol. The van der Waals surface area contributed by atoms with Gasteiger partial charge in [0.25, 0.3) is 0 Å². The first kappa shape index (κ1) is 11.5. The van der Waals surface area contributed by atoms with E-state index >= 15 is 0 Å². The van der Waals surface area contributed by atoms with Gasteiger partial charge in [0.05, 0.1) is 11.0 Å². The van der Waals surface area contributed by atoms with Crippen molar-refractivity contribution in [3.8, 4) is 0 Å². The lowest BCUT2D eigenvalue weighted by Gasteiger charge is -2.36. The van der Waals surface area contributed by atoms with E-state index in [1.807, 2.05) is 6.07 Å². The van der Waals surface area contributed by atoms with Crippen LogP contribution in [0.2, 0.25) is 0 Å². The molecule has 2 heterocycles. The smallest absolute Gasteiger partial charge is 0.206 e. The van der Waals surface area contributed by atoms with Crippen LogP contribution in [0, 0.1) is 0 Å². The highest BCUT2D eigenvalue weighted by molar-refractivity contribution is 5.78. The van der Waals surface area contributed by atoms with Gasteiger partial charge in [-0.25, -0.2) is 4.98 Å². The van der Waals surface area contributed by atoms with Gasteiger partial charge in [0, 0.05) is 32.2 Å². The highest BCUT2D eigenvalue weighted by atomic mass is 15.3. The number of rotatable bonds is 1. The summed E-state index contributed by atoms with van der Waals surface area (Å²) < 4.78 is 2.19. The van der Waals surface area contributed by atoms with Crippen LogP contribution in [-0.4, -0.2) is 34.7 Å². The molecule has 1 aromatic carbocycles. The first-order valence-corrected chi connectivity index (χ1v) is 6.57. The van der Waals surface area contributed by atoms with Crippen LogP contribution < -0.4 is 10.2 Å². The van der Waals surface area contributed by atoms with Gasteiger partial charge in [-0.1, -0.05) is 12.1 Å². The number of fused-ring (bicyclic) bond motifs is 1. The maximum atomic E-state index is 4.77. The molecule has 1 aliphatic heterocycles. The standard InChI is InChI=1S/C14H20N4/c1-10-8-18(9-11(2)15-10)14-16-12-6-4-5-7-13(12)17(14)3/h4-7,10-11,15H,8-9H2,1-3H3/t10-,11+. The summed E-state index contributed by atoms with van der Waals surface area (Å²) in [4.78, 5) is 7.15. The maximum Gasteiger partial charge on any atom is 0.206 e. The zero-order chi connectivity index (χ0) is 12.7. The van der Waals surface area contributed by atoms with E-state index < -0.39 is 0 Å². The topological polar surface area (TPSA) is 33.1 Å². The molecule has 96 valence electrons. The van der Waals surface area contributed by atoms with Gasteiger partial charge in [0.2, 0.25) is 5.95 Å². The molecular formula is C14H20N4. The van der Waals surface area contributed by atoms with Crippen molar-refractivity contribution in [2.24, 2.45) is 7.05 Å². The van der Waals surface area contributed by atoms with Crippen LogP contribution in [0.25, 0.3) is 11.0 Å². The van der Waals surface area contributed by atoms with Crippen LogP contribution >= 0.6 is 0 Å². The molecule has 1 N–H and O–H groups in total.